The molecule has 9 nitrogen and oxygen atoms in total. The quantitative estimate of drug-likeness (QED) is 0.622. The summed E-state index contributed by atoms with van der Waals surface area (Å²) in [5.41, 5.74) is 1.32. The van der Waals surface area contributed by atoms with Gasteiger partial charge in [-0.25, -0.2) is 23.5 Å². The summed E-state index contributed by atoms with van der Waals surface area (Å²) in [5, 5.41) is 13.7. The van der Waals surface area contributed by atoms with Crippen molar-refractivity contribution < 1.29 is 13.2 Å². The van der Waals surface area contributed by atoms with Crippen LogP contribution in [0.5, 0.6) is 0 Å². The van der Waals surface area contributed by atoms with Gasteiger partial charge in [-0.15, -0.1) is 0 Å². The fraction of sp³-hybridized carbons (Fsp3) is 0.154. The highest BCUT2D eigenvalue weighted by molar-refractivity contribution is 7.89. The zero-order chi connectivity index (χ0) is 16.4. The van der Waals surface area contributed by atoms with Crippen LogP contribution in [0.25, 0.3) is 0 Å². The molecule has 0 saturated heterocycles. The molecule has 1 amide bonds. The number of aromatic nitrogens is 2. The topological polar surface area (TPSA) is 139 Å². The Labute approximate surface area is 132 Å². The molecule has 0 spiro atoms. The average Bonchev–Trinajstić information content (AvgIpc) is 2.52. The van der Waals surface area contributed by atoms with Crippen LogP contribution in [0, 0.1) is 0 Å². The van der Waals surface area contributed by atoms with E-state index in [9.17, 15) is 13.2 Å². The molecule has 1 aliphatic rings. The van der Waals surface area contributed by atoms with E-state index in [1.807, 2.05) is 0 Å². The van der Waals surface area contributed by atoms with Gasteiger partial charge < -0.3 is 16.0 Å². The van der Waals surface area contributed by atoms with Gasteiger partial charge >= 0.3 is 0 Å². The van der Waals surface area contributed by atoms with Crippen LogP contribution in [0.4, 0.5) is 17.3 Å². The van der Waals surface area contributed by atoms with Crippen molar-refractivity contribution in [3.8, 4) is 0 Å². The number of hydrogen-bond acceptors (Lipinski definition) is 7. The molecule has 23 heavy (non-hydrogen) atoms. The van der Waals surface area contributed by atoms with E-state index < -0.39 is 10.0 Å². The molecular weight excluding hydrogens is 320 g/mol. The SMILES string of the molecule is NS(=O)(=O)c1ccc(CNc2ncnc3c2NC(=O)CN3)cc1. The largest absolute Gasteiger partial charge is 0.364 e. The number of nitrogens with zero attached hydrogens (tertiary/aromatic N) is 2. The predicted octanol–water partition coefficient (Wildman–Crippen LogP) is 0.100. The second-order valence-corrected chi connectivity index (χ2v) is 6.45. The molecule has 0 unspecified atom stereocenters. The van der Waals surface area contributed by atoms with Crippen molar-refractivity contribution in [2.24, 2.45) is 5.14 Å². The average molecular weight is 334 g/mol. The van der Waals surface area contributed by atoms with Crippen molar-refractivity contribution in [1.82, 2.24) is 9.97 Å². The maximum Gasteiger partial charge on any atom is 0.243 e. The lowest BCUT2D eigenvalue weighted by atomic mass is 10.2. The molecule has 0 fully saturated rings. The van der Waals surface area contributed by atoms with Crippen LogP contribution < -0.4 is 21.1 Å². The minimum absolute atomic E-state index is 0.0529. The van der Waals surface area contributed by atoms with E-state index in [0.717, 1.165) is 5.56 Å². The Morgan fingerprint density at radius 3 is 2.65 bits per heavy atom. The summed E-state index contributed by atoms with van der Waals surface area (Å²) in [6.45, 7) is 0.558. The minimum atomic E-state index is -3.70. The number of nitrogens with one attached hydrogen (secondary N) is 3. The molecule has 1 aromatic heterocycles. The number of fused-ring (bicyclic) bond motifs is 1. The third kappa shape index (κ3) is 3.38. The molecule has 2 aromatic rings. The van der Waals surface area contributed by atoms with Gasteiger partial charge in [0.05, 0.1) is 11.4 Å². The standard InChI is InChI=1S/C13H14N6O3S/c14-23(21,22)9-3-1-8(2-4-9)5-15-12-11-13(18-7-17-12)16-6-10(20)19-11/h1-4,7H,5-6H2,(H,19,20)(H2,14,21,22)(H2,15,16,17,18). The molecule has 1 aliphatic heterocycles. The molecule has 0 atom stereocenters. The summed E-state index contributed by atoms with van der Waals surface area (Å²) in [5.74, 6) is 0.852. The Bertz CT molecular complexity index is 851. The molecule has 0 saturated carbocycles. The maximum absolute atomic E-state index is 11.5. The number of anilines is 3. The van der Waals surface area contributed by atoms with E-state index in [0.29, 0.717) is 23.9 Å². The fourth-order valence-electron chi connectivity index (χ4n) is 2.10. The van der Waals surface area contributed by atoms with Crippen molar-refractivity contribution in [3.05, 3.63) is 36.2 Å². The first-order chi connectivity index (χ1) is 10.9. The van der Waals surface area contributed by atoms with E-state index in [1.54, 1.807) is 12.1 Å². The first kappa shape index (κ1) is 15.2. The monoisotopic (exact) mass is 334 g/mol. The van der Waals surface area contributed by atoms with Gasteiger partial charge in [0.15, 0.2) is 11.6 Å². The van der Waals surface area contributed by atoms with Gasteiger partial charge in [-0.3, -0.25) is 4.79 Å². The van der Waals surface area contributed by atoms with Crippen molar-refractivity contribution in [3.63, 3.8) is 0 Å². The summed E-state index contributed by atoms with van der Waals surface area (Å²) in [6, 6.07) is 6.17. The Morgan fingerprint density at radius 1 is 1.22 bits per heavy atom. The lowest BCUT2D eigenvalue weighted by Crippen LogP contribution is -2.29. The van der Waals surface area contributed by atoms with Gasteiger partial charge in [-0.2, -0.15) is 0 Å². The summed E-state index contributed by atoms with van der Waals surface area (Å²) >= 11 is 0. The number of nitrogens with two attached hydrogens (primary N) is 1. The number of benzene rings is 1. The van der Waals surface area contributed by atoms with Crippen LogP contribution in [0.2, 0.25) is 0 Å². The Hall–Kier alpha value is -2.72. The Morgan fingerprint density at radius 2 is 1.96 bits per heavy atom. The first-order valence-corrected chi connectivity index (χ1v) is 8.22. The van der Waals surface area contributed by atoms with Crippen molar-refractivity contribution in [2.45, 2.75) is 11.4 Å². The number of rotatable bonds is 4. The van der Waals surface area contributed by atoms with E-state index >= 15 is 0 Å². The third-order valence-corrected chi connectivity index (χ3v) is 4.17. The first-order valence-electron chi connectivity index (χ1n) is 6.68. The van der Waals surface area contributed by atoms with Gasteiger partial charge in [-0.1, -0.05) is 12.1 Å². The molecular formula is C13H14N6O3S. The maximum atomic E-state index is 11.5. The Balaban J connectivity index is 1.75. The van der Waals surface area contributed by atoms with Crippen molar-refractivity contribution in [2.75, 3.05) is 22.5 Å². The lowest BCUT2D eigenvalue weighted by Gasteiger charge is -2.20. The van der Waals surface area contributed by atoms with Gasteiger partial charge in [0.25, 0.3) is 0 Å². The lowest BCUT2D eigenvalue weighted by molar-refractivity contribution is -0.114. The van der Waals surface area contributed by atoms with Crippen LogP contribution in [0.1, 0.15) is 5.56 Å². The smallest absolute Gasteiger partial charge is 0.243 e. The number of hydrogen-bond donors (Lipinski definition) is 4. The summed E-state index contributed by atoms with van der Waals surface area (Å²) < 4.78 is 22.4. The predicted molar refractivity (Wildman–Crippen MR) is 84.3 cm³/mol. The van der Waals surface area contributed by atoms with Crippen LogP contribution >= 0.6 is 0 Å². The van der Waals surface area contributed by atoms with Gasteiger partial charge in [-0.05, 0) is 17.7 Å². The molecule has 120 valence electrons. The summed E-state index contributed by atoms with van der Waals surface area (Å²) in [7, 11) is -3.70. The van der Waals surface area contributed by atoms with Crippen molar-refractivity contribution in [1.29, 1.82) is 0 Å². The number of amides is 1. The molecule has 3 rings (SSSR count). The second kappa shape index (κ2) is 5.82. The van der Waals surface area contributed by atoms with Crippen LogP contribution in [0.15, 0.2) is 35.5 Å². The number of carbonyl (C=O) groups is 1. The fourth-order valence-corrected chi connectivity index (χ4v) is 2.62. The van der Waals surface area contributed by atoms with E-state index in [1.165, 1.54) is 18.5 Å². The molecule has 0 radical (unpaired) electrons. The molecule has 1 aromatic carbocycles. The van der Waals surface area contributed by atoms with E-state index in [4.69, 9.17) is 5.14 Å². The van der Waals surface area contributed by atoms with Gasteiger partial charge in [0, 0.05) is 6.54 Å². The van der Waals surface area contributed by atoms with Crippen LogP contribution in [0.3, 0.4) is 0 Å². The number of sulfonamides is 1. The Kier molecular flexibility index (Phi) is 3.84. The molecule has 5 N–H and O–H groups in total. The van der Waals surface area contributed by atoms with Crippen LogP contribution in [-0.2, 0) is 21.4 Å². The normalized spacial score (nSPS) is 13.7. The second-order valence-electron chi connectivity index (χ2n) is 4.89. The van der Waals surface area contributed by atoms with E-state index in [-0.39, 0.29) is 17.3 Å². The zero-order valence-electron chi connectivity index (χ0n) is 11.9. The highest BCUT2D eigenvalue weighted by Crippen LogP contribution is 2.28. The third-order valence-electron chi connectivity index (χ3n) is 3.24. The van der Waals surface area contributed by atoms with Gasteiger partial charge in [0.1, 0.15) is 12.0 Å². The molecule has 2 heterocycles. The molecule has 0 aliphatic carbocycles. The molecule has 0 bridgehead atoms. The highest BCUT2D eigenvalue weighted by Gasteiger charge is 2.19. The van der Waals surface area contributed by atoms with Crippen LogP contribution in [-0.4, -0.2) is 30.8 Å². The number of primary sulfonamides is 1. The molecule has 10 heteroatoms. The van der Waals surface area contributed by atoms with Gasteiger partial charge in [0.2, 0.25) is 15.9 Å². The highest BCUT2D eigenvalue weighted by atomic mass is 32.2. The van der Waals surface area contributed by atoms with Crippen molar-refractivity contribution >= 4 is 33.3 Å². The minimum Gasteiger partial charge on any atom is -0.364 e. The van der Waals surface area contributed by atoms with E-state index in [2.05, 4.69) is 25.9 Å². The number of carbonyl (C=O) groups excluding carboxylic acids is 1. The summed E-state index contributed by atoms with van der Waals surface area (Å²) in [4.78, 5) is 19.7. The zero-order valence-corrected chi connectivity index (χ0v) is 12.7. The summed E-state index contributed by atoms with van der Waals surface area (Å²) in [6.07, 6.45) is 1.38.